The zero-order valence-corrected chi connectivity index (χ0v) is 17.9. The molecule has 6 heteroatoms. The molecule has 0 spiro atoms. The van der Waals surface area contributed by atoms with Crippen LogP contribution in [0.3, 0.4) is 0 Å². The maximum atomic E-state index is 11.3. The highest BCUT2D eigenvalue weighted by Gasteiger charge is 2.22. The highest BCUT2D eigenvalue weighted by atomic mass is 16.2. The molecular weight excluding hydrogens is 376 g/mol. The molecule has 1 heterocycles. The normalized spacial score (nSPS) is 12.6. The van der Waals surface area contributed by atoms with Crippen LogP contribution in [0.25, 0.3) is 0 Å². The predicted octanol–water partition coefficient (Wildman–Crippen LogP) is 2.91. The number of hydrogen-bond donors (Lipinski definition) is 1. The molecule has 3 rings (SSSR count). The van der Waals surface area contributed by atoms with Crippen molar-refractivity contribution in [1.82, 2.24) is 4.90 Å². The van der Waals surface area contributed by atoms with Gasteiger partial charge in [0.05, 0.1) is 0 Å². The molecule has 2 amide bonds. The van der Waals surface area contributed by atoms with Crippen molar-refractivity contribution in [2.45, 2.75) is 12.8 Å². The van der Waals surface area contributed by atoms with Crippen molar-refractivity contribution in [1.29, 1.82) is 0 Å². The van der Waals surface area contributed by atoms with Crippen LogP contribution in [0, 0.1) is 0 Å². The summed E-state index contributed by atoms with van der Waals surface area (Å²) in [6.07, 6.45) is 4.46. The van der Waals surface area contributed by atoms with Crippen LogP contribution in [0.4, 0.5) is 11.4 Å². The third-order valence-corrected chi connectivity index (χ3v) is 4.87. The van der Waals surface area contributed by atoms with E-state index in [1.807, 2.05) is 55.6 Å². The molecular formula is C24H32N4O2. The SMILES string of the molecule is CN(CCCN)c1ccccc1.CN(CCCN1C(=O)C=CC1=O)c1ccccc1. The Balaban J connectivity index is 0.000000232. The molecule has 30 heavy (non-hydrogen) atoms. The molecule has 0 saturated heterocycles. The molecule has 0 bridgehead atoms. The maximum absolute atomic E-state index is 11.3. The summed E-state index contributed by atoms with van der Waals surface area (Å²) >= 11 is 0. The van der Waals surface area contributed by atoms with Gasteiger partial charge in [-0.1, -0.05) is 36.4 Å². The van der Waals surface area contributed by atoms with Crippen LogP contribution in [0.5, 0.6) is 0 Å². The summed E-state index contributed by atoms with van der Waals surface area (Å²) in [5, 5.41) is 0. The Hall–Kier alpha value is -3.12. The fourth-order valence-electron chi connectivity index (χ4n) is 3.07. The number of rotatable bonds is 9. The van der Waals surface area contributed by atoms with Crippen LogP contribution >= 0.6 is 0 Å². The summed E-state index contributed by atoms with van der Waals surface area (Å²) in [4.78, 5) is 28.3. The van der Waals surface area contributed by atoms with E-state index in [0.29, 0.717) is 6.54 Å². The van der Waals surface area contributed by atoms with Crippen LogP contribution in [0.1, 0.15) is 12.8 Å². The summed E-state index contributed by atoms with van der Waals surface area (Å²) in [7, 11) is 4.09. The molecule has 160 valence electrons. The maximum Gasteiger partial charge on any atom is 0.253 e. The second-order valence-electron chi connectivity index (χ2n) is 7.17. The van der Waals surface area contributed by atoms with Crippen LogP contribution in [0.2, 0.25) is 0 Å². The zero-order chi connectivity index (χ0) is 21.8. The Bertz CT molecular complexity index is 790. The molecule has 0 unspecified atom stereocenters. The largest absolute Gasteiger partial charge is 0.375 e. The smallest absolute Gasteiger partial charge is 0.253 e. The van der Waals surface area contributed by atoms with Crippen molar-refractivity contribution in [3.8, 4) is 0 Å². The fourth-order valence-corrected chi connectivity index (χ4v) is 3.07. The van der Waals surface area contributed by atoms with Gasteiger partial charge in [-0.3, -0.25) is 14.5 Å². The second kappa shape index (κ2) is 12.4. The van der Waals surface area contributed by atoms with E-state index in [1.165, 1.54) is 22.7 Å². The lowest BCUT2D eigenvalue weighted by atomic mass is 10.3. The van der Waals surface area contributed by atoms with Crippen molar-refractivity contribution in [2.24, 2.45) is 5.73 Å². The highest BCUT2D eigenvalue weighted by molar-refractivity contribution is 6.12. The third kappa shape index (κ3) is 7.37. The van der Waals surface area contributed by atoms with E-state index in [9.17, 15) is 9.59 Å². The minimum absolute atomic E-state index is 0.206. The lowest BCUT2D eigenvalue weighted by Gasteiger charge is -2.21. The Morgan fingerprint density at radius 3 is 1.60 bits per heavy atom. The van der Waals surface area contributed by atoms with E-state index in [1.54, 1.807) is 0 Å². The Morgan fingerprint density at radius 2 is 1.17 bits per heavy atom. The van der Waals surface area contributed by atoms with Gasteiger partial charge in [-0.25, -0.2) is 0 Å². The number of anilines is 2. The first kappa shape index (κ1) is 23.2. The van der Waals surface area contributed by atoms with E-state index in [2.05, 4.69) is 29.0 Å². The van der Waals surface area contributed by atoms with Crippen LogP contribution in [-0.4, -0.2) is 57.0 Å². The number of imide groups is 1. The lowest BCUT2D eigenvalue weighted by molar-refractivity contribution is -0.136. The van der Waals surface area contributed by atoms with Crippen molar-refractivity contribution < 1.29 is 9.59 Å². The van der Waals surface area contributed by atoms with E-state index in [0.717, 1.165) is 38.2 Å². The molecule has 6 nitrogen and oxygen atoms in total. The number of benzene rings is 2. The van der Waals surface area contributed by atoms with Gasteiger partial charge in [-0.15, -0.1) is 0 Å². The predicted molar refractivity (Wildman–Crippen MR) is 124 cm³/mol. The van der Waals surface area contributed by atoms with Gasteiger partial charge in [-0.05, 0) is 43.7 Å². The summed E-state index contributed by atoms with van der Waals surface area (Å²) in [6.45, 7) is 3.07. The molecule has 0 saturated carbocycles. The third-order valence-electron chi connectivity index (χ3n) is 4.87. The Kier molecular flexibility index (Phi) is 9.61. The Labute approximate surface area is 179 Å². The molecule has 0 aliphatic carbocycles. The van der Waals surface area contributed by atoms with E-state index >= 15 is 0 Å². The van der Waals surface area contributed by atoms with E-state index in [4.69, 9.17) is 5.73 Å². The number of nitrogens with zero attached hydrogens (tertiary/aromatic N) is 3. The van der Waals surface area contributed by atoms with Crippen molar-refractivity contribution in [2.75, 3.05) is 50.1 Å². The van der Waals surface area contributed by atoms with Gasteiger partial charge in [0.2, 0.25) is 0 Å². The number of para-hydroxylation sites is 2. The zero-order valence-electron chi connectivity index (χ0n) is 17.9. The van der Waals surface area contributed by atoms with E-state index < -0.39 is 0 Å². The van der Waals surface area contributed by atoms with Crippen molar-refractivity contribution in [3.63, 3.8) is 0 Å². The standard InChI is InChI=1S/C14H16N2O2.C10H16N2/c1-15(12-6-3-2-4-7-12)10-5-11-16-13(17)8-9-14(16)18;1-12(9-5-8-11)10-6-3-2-4-7-10/h2-4,6-9H,5,10-11H2,1H3;2-4,6-7H,5,8-9,11H2,1H3. The summed E-state index contributed by atoms with van der Waals surface area (Å²) in [5.41, 5.74) is 7.82. The minimum atomic E-state index is -0.206. The summed E-state index contributed by atoms with van der Waals surface area (Å²) in [5.74, 6) is -0.412. The van der Waals surface area contributed by atoms with Gasteiger partial charge >= 0.3 is 0 Å². The quantitative estimate of drug-likeness (QED) is 0.646. The molecule has 0 fully saturated rings. The number of carbonyl (C=O) groups is 2. The lowest BCUT2D eigenvalue weighted by Crippen LogP contribution is -2.33. The minimum Gasteiger partial charge on any atom is -0.375 e. The molecule has 1 aliphatic rings. The van der Waals surface area contributed by atoms with Gasteiger partial charge in [0.25, 0.3) is 11.8 Å². The first-order valence-corrected chi connectivity index (χ1v) is 10.3. The summed E-state index contributed by atoms with van der Waals surface area (Å²) in [6, 6.07) is 20.4. The summed E-state index contributed by atoms with van der Waals surface area (Å²) < 4.78 is 0. The van der Waals surface area contributed by atoms with Gasteiger partial charge in [0.15, 0.2) is 0 Å². The Morgan fingerprint density at radius 1 is 0.733 bits per heavy atom. The van der Waals surface area contributed by atoms with Gasteiger partial charge in [0.1, 0.15) is 0 Å². The molecule has 2 aromatic rings. The monoisotopic (exact) mass is 408 g/mol. The molecule has 0 radical (unpaired) electrons. The molecule has 1 aliphatic heterocycles. The fraction of sp³-hybridized carbons (Fsp3) is 0.333. The number of hydrogen-bond acceptors (Lipinski definition) is 5. The number of amides is 2. The van der Waals surface area contributed by atoms with E-state index in [-0.39, 0.29) is 11.8 Å². The highest BCUT2D eigenvalue weighted by Crippen LogP contribution is 2.12. The van der Waals surface area contributed by atoms with Gasteiger partial charge in [-0.2, -0.15) is 0 Å². The number of nitrogens with two attached hydrogens (primary N) is 1. The van der Waals surface area contributed by atoms with Crippen LogP contribution < -0.4 is 15.5 Å². The van der Waals surface area contributed by atoms with Crippen molar-refractivity contribution >= 4 is 23.2 Å². The average molecular weight is 409 g/mol. The van der Waals surface area contributed by atoms with Gasteiger partial charge in [0, 0.05) is 57.3 Å². The molecule has 2 aromatic carbocycles. The van der Waals surface area contributed by atoms with Crippen LogP contribution in [0.15, 0.2) is 72.8 Å². The number of carbonyl (C=O) groups excluding carboxylic acids is 2. The van der Waals surface area contributed by atoms with Crippen LogP contribution in [-0.2, 0) is 9.59 Å². The first-order chi connectivity index (χ1) is 14.5. The average Bonchev–Trinajstić information content (AvgIpc) is 3.11. The van der Waals surface area contributed by atoms with Crippen molar-refractivity contribution in [3.05, 3.63) is 72.8 Å². The topological polar surface area (TPSA) is 69.9 Å². The molecule has 0 aromatic heterocycles. The molecule has 2 N–H and O–H groups in total. The van der Waals surface area contributed by atoms with Gasteiger partial charge < -0.3 is 15.5 Å². The first-order valence-electron chi connectivity index (χ1n) is 10.3. The molecule has 0 atom stereocenters. The second-order valence-corrected chi connectivity index (χ2v) is 7.17.